The van der Waals surface area contributed by atoms with Crippen molar-refractivity contribution in [3.8, 4) is 5.75 Å². The van der Waals surface area contributed by atoms with E-state index in [9.17, 15) is 22.8 Å². The molecule has 9 heteroatoms. The quantitative estimate of drug-likeness (QED) is 0.613. The van der Waals surface area contributed by atoms with Crippen LogP contribution in [0.4, 0.5) is 18.9 Å². The molecule has 0 bridgehead atoms. The number of hydrazone groups is 1. The summed E-state index contributed by atoms with van der Waals surface area (Å²) >= 11 is 0. The number of carbonyl (C=O) groups is 2. The lowest BCUT2D eigenvalue weighted by Gasteiger charge is -2.16. The zero-order valence-electron chi connectivity index (χ0n) is 15.4. The number of benzene rings is 2. The molecular weight excluding hydrogens is 387 g/mol. The van der Waals surface area contributed by atoms with Gasteiger partial charge >= 0.3 is 6.18 Å². The van der Waals surface area contributed by atoms with Gasteiger partial charge in [0.15, 0.2) is 0 Å². The van der Waals surface area contributed by atoms with Gasteiger partial charge in [-0.1, -0.05) is 12.1 Å². The van der Waals surface area contributed by atoms with Crippen LogP contribution < -0.4 is 15.1 Å². The first kappa shape index (κ1) is 20.4. The largest absolute Gasteiger partial charge is 0.497 e. The summed E-state index contributed by atoms with van der Waals surface area (Å²) < 4.78 is 42.7. The Morgan fingerprint density at radius 2 is 1.83 bits per heavy atom. The van der Waals surface area contributed by atoms with E-state index >= 15 is 0 Å². The Bertz CT molecular complexity index is 909. The maximum absolute atomic E-state index is 12.5. The predicted octanol–water partition coefficient (Wildman–Crippen LogP) is 3.22. The lowest BCUT2D eigenvalue weighted by atomic mass is 10.1. The van der Waals surface area contributed by atoms with E-state index in [2.05, 4.69) is 10.5 Å². The van der Waals surface area contributed by atoms with E-state index in [1.54, 1.807) is 31.4 Å². The first-order valence-electron chi connectivity index (χ1n) is 8.72. The minimum Gasteiger partial charge on any atom is -0.497 e. The highest BCUT2D eigenvalue weighted by Gasteiger charge is 2.35. The van der Waals surface area contributed by atoms with Crippen molar-refractivity contribution in [1.82, 2.24) is 5.43 Å². The number of hydrogen-bond acceptors (Lipinski definition) is 4. The van der Waals surface area contributed by atoms with Crippen LogP contribution in [0, 0.1) is 5.92 Å². The van der Waals surface area contributed by atoms with Crippen LogP contribution in [0.5, 0.6) is 5.75 Å². The van der Waals surface area contributed by atoms with Crippen LogP contribution in [-0.4, -0.2) is 31.7 Å². The number of nitrogens with one attached hydrogen (secondary N) is 1. The summed E-state index contributed by atoms with van der Waals surface area (Å²) in [5.74, 6) is -0.527. The molecule has 0 radical (unpaired) electrons. The molecule has 1 fully saturated rings. The molecule has 2 aromatic carbocycles. The zero-order valence-corrected chi connectivity index (χ0v) is 15.4. The van der Waals surface area contributed by atoms with Crippen LogP contribution in [0.2, 0.25) is 0 Å². The van der Waals surface area contributed by atoms with Crippen molar-refractivity contribution in [1.29, 1.82) is 0 Å². The van der Waals surface area contributed by atoms with Gasteiger partial charge in [-0.15, -0.1) is 0 Å². The molecule has 1 heterocycles. The second kappa shape index (κ2) is 8.34. The molecule has 3 rings (SSSR count). The molecule has 1 N–H and O–H groups in total. The molecule has 29 heavy (non-hydrogen) atoms. The summed E-state index contributed by atoms with van der Waals surface area (Å²) in [6.07, 6.45) is -3.11. The fourth-order valence-electron chi connectivity index (χ4n) is 2.91. The number of methoxy groups -OCH3 is 1. The average Bonchev–Trinajstić information content (AvgIpc) is 3.09. The van der Waals surface area contributed by atoms with E-state index in [0.717, 1.165) is 12.1 Å². The molecule has 6 nitrogen and oxygen atoms in total. The van der Waals surface area contributed by atoms with Crippen molar-refractivity contribution in [3.05, 3.63) is 59.7 Å². The molecule has 1 aliphatic heterocycles. The number of halogens is 3. The summed E-state index contributed by atoms with van der Waals surface area (Å²) in [4.78, 5) is 26.0. The summed E-state index contributed by atoms with van der Waals surface area (Å²) in [6.45, 7) is 0.215. The molecule has 1 atom stereocenters. The standard InChI is InChI=1S/C20H18F3N3O3/c1-29-17-8-6-16(7-9-17)26-12-14(10-18(26)27)19(28)25-24-11-13-2-4-15(5-3-13)20(21,22)23/h2-9,11,14H,10,12H2,1H3,(H,25,28)/b24-11+/t14-/m0/s1. The van der Waals surface area contributed by atoms with Gasteiger partial charge in [-0.25, -0.2) is 5.43 Å². The Kier molecular flexibility index (Phi) is 5.86. The number of hydrogen-bond donors (Lipinski definition) is 1. The summed E-state index contributed by atoms with van der Waals surface area (Å²) in [5.41, 5.74) is 2.65. The Balaban J connectivity index is 1.57. The minimum absolute atomic E-state index is 0.0493. The third-order valence-electron chi connectivity index (χ3n) is 4.51. The number of rotatable bonds is 5. The monoisotopic (exact) mass is 405 g/mol. The van der Waals surface area contributed by atoms with Crippen molar-refractivity contribution in [2.75, 3.05) is 18.6 Å². The number of anilines is 1. The molecule has 1 aliphatic rings. The van der Waals surface area contributed by atoms with Gasteiger partial charge in [-0.05, 0) is 42.0 Å². The van der Waals surface area contributed by atoms with Gasteiger partial charge in [-0.3, -0.25) is 9.59 Å². The molecule has 152 valence electrons. The van der Waals surface area contributed by atoms with E-state index in [1.165, 1.54) is 23.2 Å². The lowest BCUT2D eigenvalue weighted by Crippen LogP contribution is -2.30. The van der Waals surface area contributed by atoms with Gasteiger partial charge in [0.05, 0.1) is 24.8 Å². The maximum Gasteiger partial charge on any atom is 0.416 e. The highest BCUT2D eigenvalue weighted by atomic mass is 19.4. The average molecular weight is 405 g/mol. The normalized spacial score (nSPS) is 17.0. The third kappa shape index (κ3) is 4.92. The van der Waals surface area contributed by atoms with Crippen LogP contribution in [-0.2, 0) is 15.8 Å². The van der Waals surface area contributed by atoms with Crippen molar-refractivity contribution >= 4 is 23.7 Å². The highest BCUT2D eigenvalue weighted by Crippen LogP contribution is 2.29. The van der Waals surface area contributed by atoms with Crippen LogP contribution in [0.3, 0.4) is 0 Å². The summed E-state index contributed by atoms with van der Waals surface area (Å²) in [6, 6.07) is 11.3. The molecule has 2 aromatic rings. The van der Waals surface area contributed by atoms with Crippen molar-refractivity contribution < 1.29 is 27.5 Å². The molecule has 1 saturated heterocycles. The van der Waals surface area contributed by atoms with Gasteiger partial charge in [0.2, 0.25) is 11.8 Å². The fraction of sp³-hybridized carbons (Fsp3) is 0.250. The SMILES string of the molecule is COc1ccc(N2C[C@@H](C(=O)N/N=C/c3ccc(C(F)(F)F)cc3)CC2=O)cc1. The third-order valence-corrected chi connectivity index (χ3v) is 4.51. The van der Waals surface area contributed by atoms with Gasteiger partial charge < -0.3 is 9.64 Å². The second-order valence-corrected chi connectivity index (χ2v) is 6.46. The van der Waals surface area contributed by atoms with Crippen LogP contribution >= 0.6 is 0 Å². The van der Waals surface area contributed by atoms with Crippen LogP contribution in [0.15, 0.2) is 53.6 Å². The molecule has 0 saturated carbocycles. The Hall–Kier alpha value is -3.36. The van der Waals surface area contributed by atoms with Crippen molar-refractivity contribution in [2.45, 2.75) is 12.6 Å². The van der Waals surface area contributed by atoms with E-state index in [1.807, 2.05) is 0 Å². The molecule has 0 aromatic heterocycles. The van der Waals surface area contributed by atoms with Gasteiger partial charge in [0.1, 0.15) is 5.75 Å². The number of carbonyl (C=O) groups excluding carboxylic acids is 2. The number of nitrogens with zero attached hydrogens (tertiary/aromatic N) is 2. The van der Waals surface area contributed by atoms with E-state index < -0.39 is 23.6 Å². The maximum atomic E-state index is 12.5. The molecule has 0 unspecified atom stereocenters. The Morgan fingerprint density at radius 3 is 2.41 bits per heavy atom. The van der Waals surface area contributed by atoms with Crippen molar-refractivity contribution in [2.24, 2.45) is 11.0 Å². The minimum atomic E-state index is -4.41. The number of ether oxygens (including phenoxy) is 1. The summed E-state index contributed by atoms with van der Waals surface area (Å²) in [7, 11) is 1.54. The van der Waals surface area contributed by atoms with Gasteiger partial charge in [0.25, 0.3) is 0 Å². The van der Waals surface area contributed by atoms with E-state index in [0.29, 0.717) is 17.0 Å². The van der Waals surface area contributed by atoms with Gasteiger partial charge in [0, 0.05) is 18.7 Å². The lowest BCUT2D eigenvalue weighted by molar-refractivity contribution is -0.137. The summed E-state index contributed by atoms with van der Waals surface area (Å²) in [5, 5.41) is 3.77. The Morgan fingerprint density at radius 1 is 1.17 bits per heavy atom. The number of amides is 2. The second-order valence-electron chi connectivity index (χ2n) is 6.46. The Labute approximate surface area is 165 Å². The zero-order chi connectivity index (χ0) is 21.0. The predicted molar refractivity (Wildman–Crippen MR) is 101 cm³/mol. The van der Waals surface area contributed by atoms with Crippen molar-refractivity contribution in [3.63, 3.8) is 0 Å². The molecule has 0 spiro atoms. The highest BCUT2D eigenvalue weighted by molar-refractivity contribution is 6.00. The van der Waals surface area contributed by atoms with E-state index in [-0.39, 0.29) is 18.9 Å². The smallest absolute Gasteiger partial charge is 0.416 e. The fourth-order valence-corrected chi connectivity index (χ4v) is 2.91. The first-order valence-corrected chi connectivity index (χ1v) is 8.72. The van der Waals surface area contributed by atoms with Crippen LogP contribution in [0.25, 0.3) is 0 Å². The molecular formula is C20H18F3N3O3. The van der Waals surface area contributed by atoms with Crippen LogP contribution in [0.1, 0.15) is 17.5 Å². The molecule has 2 amide bonds. The first-order chi connectivity index (χ1) is 13.8. The number of alkyl halides is 3. The molecule has 0 aliphatic carbocycles. The topological polar surface area (TPSA) is 71.0 Å². The van der Waals surface area contributed by atoms with E-state index in [4.69, 9.17) is 4.74 Å². The van der Waals surface area contributed by atoms with Gasteiger partial charge in [-0.2, -0.15) is 18.3 Å².